The number of nitrogens with one attached hydrogen (secondary N) is 2. The number of carbonyl (C=O) groups excluding carboxylic acids is 3. The summed E-state index contributed by atoms with van der Waals surface area (Å²) in [6, 6.07) is 23.5. The Morgan fingerprint density at radius 2 is 1.58 bits per heavy atom. The average molecular weight is 1120 g/mol. The molecule has 5 aliphatic rings. The van der Waals surface area contributed by atoms with E-state index in [0.717, 1.165) is 150 Å². The van der Waals surface area contributed by atoms with E-state index in [1.807, 2.05) is 59.2 Å². The van der Waals surface area contributed by atoms with E-state index in [9.17, 15) is 19.5 Å². The van der Waals surface area contributed by atoms with Crippen molar-refractivity contribution in [3.05, 3.63) is 107 Å². The molecule has 0 radical (unpaired) electrons. The minimum Gasteiger partial charge on any atom is -0.508 e. The fourth-order valence-electron chi connectivity index (χ4n) is 12.8. The van der Waals surface area contributed by atoms with Gasteiger partial charge in [0.25, 0.3) is 0 Å². The summed E-state index contributed by atoms with van der Waals surface area (Å²) < 4.78 is 19.5. The van der Waals surface area contributed by atoms with E-state index in [1.54, 1.807) is 24.5 Å². The molecule has 0 unspecified atom stereocenters. The van der Waals surface area contributed by atoms with Crippen LogP contribution in [-0.4, -0.2) is 156 Å². The zero-order chi connectivity index (χ0) is 56.0. The van der Waals surface area contributed by atoms with Crippen LogP contribution in [0.1, 0.15) is 93.9 Å². The number of aromatic nitrogens is 3. The number of likely N-dealkylation sites (tertiary alicyclic amines) is 2. The van der Waals surface area contributed by atoms with Gasteiger partial charge in [0.15, 0.2) is 0 Å². The summed E-state index contributed by atoms with van der Waals surface area (Å²) in [5.74, 6) is 1.87. The number of piperidine rings is 1. The number of anilines is 2. The Morgan fingerprint density at radius 3 is 2.36 bits per heavy atom. The Kier molecular flexibility index (Phi) is 17.6. The molecule has 4 aliphatic heterocycles. The van der Waals surface area contributed by atoms with E-state index in [4.69, 9.17) is 29.2 Å². The second kappa shape index (κ2) is 25.5. The Labute approximate surface area is 479 Å². The molecule has 3 amide bonds. The minimum absolute atomic E-state index is 0.0190. The second-order valence-corrected chi connectivity index (χ2v) is 23.5. The second-order valence-electron chi connectivity index (χ2n) is 22.6. The van der Waals surface area contributed by atoms with Gasteiger partial charge in [0.1, 0.15) is 41.1 Å². The lowest BCUT2D eigenvalue weighted by Gasteiger charge is -2.38. The van der Waals surface area contributed by atoms with Gasteiger partial charge < -0.3 is 49.6 Å². The Balaban J connectivity index is 0.683. The van der Waals surface area contributed by atoms with Crippen LogP contribution >= 0.6 is 11.3 Å². The summed E-state index contributed by atoms with van der Waals surface area (Å²) in [4.78, 5) is 66.2. The van der Waals surface area contributed by atoms with Gasteiger partial charge in [-0.25, -0.2) is 4.98 Å². The molecule has 3 N–H and O–H groups in total. The van der Waals surface area contributed by atoms with Crippen LogP contribution < -0.4 is 29.9 Å². The average Bonchev–Trinajstić information content (AvgIpc) is 4.40. The maximum Gasteiger partial charge on any atom is 0.318 e. The smallest absolute Gasteiger partial charge is 0.318 e. The predicted molar refractivity (Wildman–Crippen MR) is 318 cm³/mol. The third-order valence-electron chi connectivity index (χ3n) is 17.3. The largest absolute Gasteiger partial charge is 0.508 e. The lowest BCUT2D eigenvalue weighted by molar-refractivity contribution is -0.139. The maximum absolute atomic E-state index is 14.4. The van der Waals surface area contributed by atoms with Gasteiger partial charge in [0.2, 0.25) is 17.7 Å². The van der Waals surface area contributed by atoms with Crippen molar-refractivity contribution in [2.24, 2.45) is 5.92 Å². The van der Waals surface area contributed by atoms with Gasteiger partial charge in [0.05, 0.1) is 42.7 Å². The van der Waals surface area contributed by atoms with Crippen LogP contribution in [0.4, 0.5) is 11.5 Å². The molecule has 81 heavy (non-hydrogen) atoms. The lowest BCUT2D eigenvalue weighted by Crippen LogP contribution is -2.55. The Morgan fingerprint density at radius 1 is 0.815 bits per heavy atom. The summed E-state index contributed by atoms with van der Waals surface area (Å²) >= 11 is 1.61. The molecular weight excluding hydrogens is 1040 g/mol. The van der Waals surface area contributed by atoms with Crippen molar-refractivity contribution in [2.75, 3.05) is 89.0 Å². The van der Waals surface area contributed by atoms with Crippen LogP contribution in [0.25, 0.3) is 32.8 Å². The molecule has 4 atom stereocenters. The normalized spacial score (nSPS) is 19.6. The van der Waals surface area contributed by atoms with E-state index in [1.165, 1.54) is 12.5 Å². The first-order valence-corrected chi connectivity index (χ1v) is 30.3. The Hall–Kier alpha value is -6.86. The summed E-state index contributed by atoms with van der Waals surface area (Å²) in [5, 5.41) is 24.1. The highest BCUT2D eigenvalue weighted by Gasteiger charge is 2.40. The highest BCUT2D eigenvalue weighted by atomic mass is 32.1. The molecule has 17 nitrogen and oxygen atoms in total. The zero-order valence-electron chi connectivity index (χ0n) is 47.2. The van der Waals surface area contributed by atoms with Gasteiger partial charge in [-0.15, -0.1) is 11.3 Å². The van der Waals surface area contributed by atoms with E-state index in [-0.39, 0.29) is 53.7 Å². The molecule has 11 rings (SSSR count). The summed E-state index contributed by atoms with van der Waals surface area (Å²) in [6.07, 6.45) is 10.9. The number of thiazole rings is 1. The number of amides is 3. The molecule has 4 fully saturated rings. The van der Waals surface area contributed by atoms with Gasteiger partial charge in [0, 0.05) is 97.9 Å². The monoisotopic (exact) mass is 1120 g/mol. The molecule has 0 bridgehead atoms. The minimum atomic E-state index is -0.532. The molecule has 18 heteroatoms. The number of carbonyl (C=O) groups is 3. The fraction of sp³-hybridized carbons (Fsp3) is 0.492. The molecule has 6 aromatic rings. The number of ether oxygens (including phenoxy) is 3. The summed E-state index contributed by atoms with van der Waals surface area (Å²) in [7, 11) is 1.77. The third kappa shape index (κ3) is 12.6. The van der Waals surface area contributed by atoms with E-state index in [2.05, 4.69) is 68.5 Å². The first-order chi connectivity index (χ1) is 39.5. The van der Waals surface area contributed by atoms with Crippen molar-refractivity contribution in [2.45, 2.75) is 115 Å². The van der Waals surface area contributed by atoms with E-state index >= 15 is 0 Å². The van der Waals surface area contributed by atoms with Crippen LogP contribution in [0.3, 0.4) is 0 Å². The summed E-state index contributed by atoms with van der Waals surface area (Å²) in [6.45, 7) is 15.4. The number of fused-ring (bicyclic) bond motifs is 3. The van der Waals surface area contributed by atoms with Crippen LogP contribution in [0, 0.1) is 5.92 Å². The topological polar surface area (TPSA) is 178 Å². The number of hydrogen-bond donors (Lipinski definition) is 3. The molecular formula is C63H78N10O7S. The number of likely N-dealkylation sites (N-methyl/N-ethyl adjacent to an activating group) is 1. The molecule has 1 saturated carbocycles. The quantitative estimate of drug-likeness (QED) is 0.0519. The van der Waals surface area contributed by atoms with Crippen LogP contribution in [-0.2, 0) is 32.1 Å². The molecule has 2 aromatic heterocycles. The number of rotatable bonds is 19. The first kappa shape index (κ1) is 56.0. The SMILES string of the molecule is C=CC(=O)N1CCN(c2nc(O[C@H](C)CN3CCC(OCCOc4ccc(-c5csc([C@@H]6CCCN6C(=O)[C@@H](NC(=O)[C@H](C)NC)C6CCCCC6)n5)c5ccccc45)CC3)nc3c2CCN(c2cc(O)cc4ccccc24)C3)CC1. The number of hydrogen-bond acceptors (Lipinski definition) is 15. The highest BCUT2D eigenvalue weighted by Crippen LogP contribution is 2.41. The number of nitrogens with zero attached hydrogens (tertiary/aromatic N) is 8. The van der Waals surface area contributed by atoms with Crippen molar-refractivity contribution < 1.29 is 33.7 Å². The van der Waals surface area contributed by atoms with Crippen LogP contribution in [0.2, 0.25) is 0 Å². The standard InChI is InChI=1S/C63H78N10O7S/c1-5-57(75)70-30-32-71(33-31-70)59-51-25-29-72(55-37-45(74)36-44-16-9-10-17-47(44)55)39-52(51)66-63(68-59)80-41(2)38-69-27-23-46(24-28-69)78-34-35-79-56-22-21-49(48-18-11-12-19-50(48)56)53-40-81-61(65-53)54-20-13-26-73(54)62(77)58(43-14-7-6-8-15-43)67-60(76)42(3)64-4/h5,9-12,16-19,21-22,36-37,40-43,46,54,58,64,74H,1,6-8,13-15,20,23-35,38-39H2,2-4H3,(H,67,76)/t41-,42+,54+,58+/m1/s1. The summed E-state index contributed by atoms with van der Waals surface area (Å²) in [5.41, 5.74) is 4.88. The van der Waals surface area contributed by atoms with Gasteiger partial charge in [-0.05, 0) is 107 Å². The Bertz CT molecular complexity index is 3210. The molecule has 6 heterocycles. The molecule has 0 spiro atoms. The molecule has 3 saturated heterocycles. The first-order valence-electron chi connectivity index (χ1n) is 29.4. The fourth-order valence-corrected chi connectivity index (χ4v) is 13.8. The van der Waals surface area contributed by atoms with Crippen molar-refractivity contribution in [3.63, 3.8) is 0 Å². The third-order valence-corrected chi connectivity index (χ3v) is 18.3. The molecule has 1 aliphatic carbocycles. The molecule has 4 aromatic carbocycles. The zero-order valence-corrected chi connectivity index (χ0v) is 48.0. The van der Waals surface area contributed by atoms with Crippen molar-refractivity contribution in [3.8, 4) is 28.8 Å². The maximum atomic E-state index is 14.4. The van der Waals surface area contributed by atoms with Gasteiger partial charge in [-0.2, -0.15) is 9.97 Å². The van der Waals surface area contributed by atoms with Gasteiger partial charge in [-0.3, -0.25) is 19.3 Å². The van der Waals surface area contributed by atoms with Crippen LogP contribution in [0.5, 0.6) is 17.5 Å². The lowest BCUT2D eigenvalue weighted by atomic mass is 9.83. The highest BCUT2D eigenvalue weighted by molar-refractivity contribution is 7.10. The molecule has 428 valence electrons. The number of benzene rings is 4. The number of phenols is 1. The van der Waals surface area contributed by atoms with Crippen molar-refractivity contribution in [1.29, 1.82) is 0 Å². The van der Waals surface area contributed by atoms with Gasteiger partial charge >= 0.3 is 6.01 Å². The van der Waals surface area contributed by atoms with E-state index in [0.29, 0.717) is 58.5 Å². The number of phenolic OH excluding ortho intramolecular Hbond substituents is 1. The van der Waals surface area contributed by atoms with Crippen molar-refractivity contribution in [1.82, 2.24) is 40.3 Å². The van der Waals surface area contributed by atoms with Gasteiger partial charge in [-0.1, -0.05) is 74.4 Å². The van der Waals surface area contributed by atoms with E-state index < -0.39 is 6.04 Å². The van der Waals surface area contributed by atoms with Crippen molar-refractivity contribution >= 4 is 62.1 Å². The van der Waals surface area contributed by atoms with Crippen LogP contribution in [0.15, 0.2) is 90.8 Å². The predicted octanol–water partition coefficient (Wildman–Crippen LogP) is 8.67. The number of aromatic hydroxyl groups is 1. The number of piperazine rings is 1.